The van der Waals surface area contributed by atoms with E-state index in [1.54, 1.807) is 6.92 Å². The van der Waals surface area contributed by atoms with E-state index in [4.69, 9.17) is 5.11 Å². The fourth-order valence-corrected chi connectivity index (χ4v) is 2.17. The minimum Gasteiger partial charge on any atom is -0.481 e. The van der Waals surface area contributed by atoms with Gasteiger partial charge in [-0.05, 0) is 36.2 Å². The smallest absolute Gasteiger partial charge is 0.303 e. The predicted molar refractivity (Wildman–Crippen MR) is 68.9 cm³/mol. The van der Waals surface area contributed by atoms with Crippen molar-refractivity contribution < 1.29 is 9.90 Å². The zero-order valence-electron chi connectivity index (χ0n) is 9.95. The maximum Gasteiger partial charge on any atom is 0.303 e. The fourth-order valence-electron chi connectivity index (χ4n) is 1.82. The molecular formula is C11H12BrN3O3. The van der Waals surface area contributed by atoms with E-state index in [0.717, 1.165) is 10.2 Å². The number of carboxylic acid groups (broad SMARTS) is 1. The number of carboxylic acids is 1. The normalized spacial score (nSPS) is 11.1. The number of hydrogen-bond donors (Lipinski definition) is 2. The first-order valence-corrected chi connectivity index (χ1v) is 6.19. The Morgan fingerprint density at radius 3 is 2.78 bits per heavy atom. The van der Waals surface area contributed by atoms with Gasteiger partial charge in [0, 0.05) is 23.4 Å². The van der Waals surface area contributed by atoms with Crippen LogP contribution in [-0.4, -0.2) is 25.7 Å². The third-order valence-corrected chi connectivity index (χ3v) is 3.73. The number of fused-ring (bicyclic) bond motifs is 1. The molecule has 2 aromatic heterocycles. The first-order valence-electron chi connectivity index (χ1n) is 5.40. The summed E-state index contributed by atoms with van der Waals surface area (Å²) >= 11 is 3.36. The Kier molecular flexibility index (Phi) is 3.25. The molecule has 0 spiro atoms. The molecule has 0 aliphatic carbocycles. The molecule has 2 aromatic rings. The lowest BCUT2D eigenvalue weighted by Crippen LogP contribution is -2.22. The average molecular weight is 314 g/mol. The van der Waals surface area contributed by atoms with E-state index in [1.165, 1.54) is 4.52 Å². The van der Waals surface area contributed by atoms with Crippen LogP contribution >= 0.6 is 15.9 Å². The lowest BCUT2D eigenvalue weighted by Gasteiger charge is -2.03. The first-order chi connectivity index (χ1) is 8.41. The summed E-state index contributed by atoms with van der Waals surface area (Å²) in [7, 11) is 0. The highest BCUT2D eigenvalue weighted by Gasteiger charge is 2.15. The van der Waals surface area contributed by atoms with Crippen molar-refractivity contribution in [2.45, 2.75) is 26.7 Å². The summed E-state index contributed by atoms with van der Waals surface area (Å²) < 4.78 is 2.08. The van der Waals surface area contributed by atoms with E-state index in [9.17, 15) is 9.59 Å². The minimum atomic E-state index is -0.928. The van der Waals surface area contributed by atoms with Gasteiger partial charge in [0.15, 0.2) is 5.65 Å². The molecule has 0 bridgehead atoms. The molecule has 0 saturated carbocycles. The Morgan fingerprint density at radius 2 is 2.17 bits per heavy atom. The zero-order valence-corrected chi connectivity index (χ0v) is 11.5. The molecule has 2 rings (SSSR count). The third-order valence-electron chi connectivity index (χ3n) is 2.78. The molecule has 7 heteroatoms. The molecule has 0 aromatic carbocycles. The van der Waals surface area contributed by atoms with E-state index >= 15 is 0 Å². The quantitative estimate of drug-likeness (QED) is 0.897. The molecule has 6 nitrogen and oxygen atoms in total. The van der Waals surface area contributed by atoms with Crippen LogP contribution in [-0.2, 0) is 11.2 Å². The van der Waals surface area contributed by atoms with Crippen LogP contribution in [0.4, 0.5) is 0 Å². The van der Waals surface area contributed by atoms with Crippen molar-refractivity contribution in [3.63, 3.8) is 0 Å². The van der Waals surface area contributed by atoms with Gasteiger partial charge >= 0.3 is 5.97 Å². The van der Waals surface area contributed by atoms with Crippen molar-refractivity contribution in [3.8, 4) is 0 Å². The summed E-state index contributed by atoms with van der Waals surface area (Å²) in [6.45, 7) is 3.54. The van der Waals surface area contributed by atoms with Gasteiger partial charge < -0.3 is 5.11 Å². The van der Waals surface area contributed by atoms with Gasteiger partial charge in [-0.3, -0.25) is 14.7 Å². The lowest BCUT2D eigenvalue weighted by atomic mass is 10.1. The number of aryl methyl sites for hydroxylation is 2. The summed E-state index contributed by atoms with van der Waals surface area (Å²) in [6.07, 6.45) is 0.107. The van der Waals surface area contributed by atoms with Crippen LogP contribution in [0.25, 0.3) is 5.65 Å². The van der Waals surface area contributed by atoms with Crippen LogP contribution in [0.5, 0.6) is 0 Å². The Balaban J connectivity index is 2.62. The van der Waals surface area contributed by atoms with E-state index in [1.807, 2.05) is 6.92 Å². The summed E-state index contributed by atoms with van der Waals surface area (Å²) in [6, 6.07) is 0. The number of rotatable bonds is 3. The molecular weight excluding hydrogens is 302 g/mol. The standard InChI is InChI=1S/C11H12BrN3O3/c1-5-7(3-4-8(16)17)11(18)15-10(13-5)9(12)6(2)14-15/h14H,3-4H2,1-2H3,(H,16,17). The largest absolute Gasteiger partial charge is 0.481 e. The van der Waals surface area contributed by atoms with Crippen molar-refractivity contribution in [2.75, 3.05) is 0 Å². The molecule has 0 amide bonds. The highest BCUT2D eigenvalue weighted by atomic mass is 79.9. The molecule has 2 heterocycles. The Bertz CT molecular complexity index is 687. The molecule has 2 N–H and O–H groups in total. The van der Waals surface area contributed by atoms with E-state index in [0.29, 0.717) is 16.9 Å². The summed E-state index contributed by atoms with van der Waals surface area (Å²) in [5.41, 5.74) is 2.08. The second-order valence-corrected chi connectivity index (χ2v) is 4.88. The van der Waals surface area contributed by atoms with E-state index < -0.39 is 5.97 Å². The number of nitrogens with zero attached hydrogens (tertiary/aromatic N) is 2. The average Bonchev–Trinajstić information content (AvgIpc) is 2.56. The molecule has 0 radical (unpaired) electrons. The zero-order chi connectivity index (χ0) is 13.4. The topological polar surface area (TPSA) is 87.5 Å². The van der Waals surface area contributed by atoms with Crippen molar-refractivity contribution in [1.29, 1.82) is 0 Å². The van der Waals surface area contributed by atoms with Crippen molar-refractivity contribution in [1.82, 2.24) is 14.6 Å². The molecule has 18 heavy (non-hydrogen) atoms. The third kappa shape index (κ3) is 2.05. The first kappa shape index (κ1) is 12.8. The second kappa shape index (κ2) is 4.56. The summed E-state index contributed by atoms with van der Waals surface area (Å²) in [5.74, 6) is -0.928. The fraction of sp³-hybridized carbons (Fsp3) is 0.364. The van der Waals surface area contributed by atoms with Crippen LogP contribution in [0, 0.1) is 13.8 Å². The van der Waals surface area contributed by atoms with Gasteiger partial charge in [0.2, 0.25) is 0 Å². The van der Waals surface area contributed by atoms with Gasteiger partial charge in [-0.15, -0.1) is 0 Å². The number of aromatic nitrogens is 3. The Morgan fingerprint density at radius 1 is 1.50 bits per heavy atom. The van der Waals surface area contributed by atoms with Crippen molar-refractivity contribution in [2.24, 2.45) is 0 Å². The summed E-state index contributed by atoms with van der Waals surface area (Å²) in [4.78, 5) is 27.1. The Hall–Kier alpha value is -1.63. The molecule has 0 unspecified atom stereocenters. The number of hydrogen-bond acceptors (Lipinski definition) is 3. The van der Waals surface area contributed by atoms with Crippen LogP contribution in [0.3, 0.4) is 0 Å². The second-order valence-electron chi connectivity index (χ2n) is 4.08. The van der Waals surface area contributed by atoms with E-state index in [-0.39, 0.29) is 18.4 Å². The van der Waals surface area contributed by atoms with E-state index in [2.05, 4.69) is 26.0 Å². The monoisotopic (exact) mass is 313 g/mol. The molecule has 0 aliphatic heterocycles. The molecule has 96 valence electrons. The minimum absolute atomic E-state index is 0.0787. The van der Waals surface area contributed by atoms with Gasteiger partial charge in [-0.1, -0.05) is 0 Å². The van der Waals surface area contributed by atoms with Gasteiger partial charge in [0.1, 0.15) is 0 Å². The van der Waals surface area contributed by atoms with Crippen LogP contribution in [0.2, 0.25) is 0 Å². The number of H-pyrrole nitrogens is 1. The predicted octanol–water partition coefficient (Wildman–Crippen LogP) is 1.42. The van der Waals surface area contributed by atoms with Crippen LogP contribution in [0.1, 0.15) is 23.4 Å². The number of carbonyl (C=O) groups is 1. The number of halogens is 1. The van der Waals surface area contributed by atoms with Crippen molar-refractivity contribution in [3.05, 3.63) is 31.8 Å². The van der Waals surface area contributed by atoms with Gasteiger partial charge in [0.05, 0.1) is 4.47 Å². The number of aromatic amines is 1. The van der Waals surface area contributed by atoms with Gasteiger partial charge in [-0.25, -0.2) is 9.50 Å². The van der Waals surface area contributed by atoms with Crippen LogP contribution in [0.15, 0.2) is 9.27 Å². The lowest BCUT2D eigenvalue weighted by molar-refractivity contribution is -0.136. The molecule has 0 saturated heterocycles. The SMILES string of the molecule is Cc1nc2c(Br)c(C)[nH]n2c(=O)c1CCC(=O)O. The maximum atomic E-state index is 12.2. The molecule has 0 atom stereocenters. The number of nitrogens with one attached hydrogen (secondary N) is 1. The molecule has 0 aliphatic rings. The van der Waals surface area contributed by atoms with Gasteiger partial charge in [0.25, 0.3) is 5.56 Å². The highest BCUT2D eigenvalue weighted by Crippen LogP contribution is 2.19. The Labute approximate surface area is 111 Å². The highest BCUT2D eigenvalue weighted by molar-refractivity contribution is 9.10. The van der Waals surface area contributed by atoms with Crippen LogP contribution < -0.4 is 5.56 Å². The number of aliphatic carboxylic acids is 1. The van der Waals surface area contributed by atoms with Gasteiger partial charge in [-0.2, -0.15) is 0 Å². The summed E-state index contributed by atoms with van der Waals surface area (Å²) in [5, 5.41) is 11.6. The molecule has 0 fully saturated rings. The van der Waals surface area contributed by atoms with Crippen molar-refractivity contribution >= 4 is 27.5 Å². The maximum absolute atomic E-state index is 12.2.